The van der Waals surface area contributed by atoms with E-state index in [1.807, 2.05) is 0 Å². The third kappa shape index (κ3) is 4.76. The first-order chi connectivity index (χ1) is 14.3. The van der Waals surface area contributed by atoms with E-state index in [0.29, 0.717) is 10.7 Å². The van der Waals surface area contributed by atoms with Gasteiger partial charge in [-0.2, -0.15) is 0 Å². The van der Waals surface area contributed by atoms with Crippen molar-refractivity contribution in [1.29, 1.82) is 0 Å². The van der Waals surface area contributed by atoms with Crippen LogP contribution < -0.4 is 5.32 Å². The Hall–Kier alpha value is -3.43. The van der Waals surface area contributed by atoms with E-state index in [1.54, 1.807) is 12.3 Å². The van der Waals surface area contributed by atoms with Crippen LogP contribution in [0.1, 0.15) is 10.4 Å². The Morgan fingerprint density at radius 2 is 1.97 bits per heavy atom. The number of amides is 2. The number of hydrogen-bond acceptors (Lipinski definition) is 5. The van der Waals surface area contributed by atoms with E-state index in [-0.39, 0.29) is 28.5 Å². The highest BCUT2D eigenvalue weighted by atomic mass is 35.5. The molecule has 0 fully saturated rings. The third-order valence-electron chi connectivity index (χ3n) is 4.13. The van der Waals surface area contributed by atoms with Crippen molar-refractivity contribution >= 4 is 46.4 Å². The quantitative estimate of drug-likeness (QED) is 0.456. The Morgan fingerprint density at radius 1 is 1.20 bits per heavy atom. The summed E-state index contributed by atoms with van der Waals surface area (Å²) < 4.78 is 1.47. The summed E-state index contributed by atoms with van der Waals surface area (Å²) in [5, 5.41) is 14.7. The van der Waals surface area contributed by atoms with Gasteiger partial charge in [-0.15, -0.1) is 0 Å². The number of halogens is 2. The van der Waals surface area contributed by atoms with Crippen molar-refractivity contribution in [3.05, 3.63) is 80.8 Å². The molecule has 0 aliphatic carbocycles. The van der Waals surface area contributed by atoms with E-state index >= 15 is 0 Å². The van der Waals surface area contributed by atoms with Gasteiger partial charge in [-0.25, -0.2) is 4.98 Å². The molecule has 0 spiro atoms. The predicted molar refractivity (Wildman–Crippen MR) is 112 cm³/mol. The Bertz CT molecular complexity index is 1120. The van der Waals surface area contributed by atoms with Gasteiger partial charge in [0.25, 0.3) is 11.6 Å². The minimum Gasteiger partial charge on any atom is -0.332 e. The topological polar surface area (TPSA) is 110 Å². The lowest BCUT2D eigenvalue weighted by molar-refractivity contribution is -0.384. The maximum Gasteiger partial charge on any atom is 0.294 e. The van der Waals surface area contributed by atoms with Crippen LogP contribution in [0.4, 0.5) is 11.4 Å². The van der Waals surface area contributed by atoms with Crippen LogP contribution in [0, 0.1) is 10.1 Å². The van der Waals surface area contributed by atoms with Crippen molar-refractivity contribution in [3.63, 3.8) is 0 Å². The molecule has 3 rings (SSSR count). The van der Waals surface area contributed by atoms with Crippen molar-refractivity contribution in [2.75, 3.05) is 18.9 Å². The number of carbonyl (C=O) groups is 2. The van der Waals surface area contributed by atoms with Crippen LogP contribution in [-0.2, 0) is 4.79 Å². The highest BCUT2D eigenvalue weighted by Crippen LogP contribution is 2.26. The van der Waals surface area contributed by atoms with Crippen LogP contribution in [0.3, 0.4) is 0 Å². The summed E-state index contributed by atoms with van der Waals surface area (Å²) in [6, 6.07) is 8.68. The average Bonchev–Trinajstić information content (AvgIpc) is 3.24. The molecule has 11 heteroatoms. The van der Waals surface area contributed by atoms with Gasteiger partial charge in [0.2, 0.25) is 5.91 Å². The Labute approximate surface area is 181 Å². The molecule has 9 nitrogen and oxygen atoms in total. The van der Waals surface area contributed by atoms with Crippen molar-refractivity contribution in [2.24, 2.45) is 0 Å². The molecule has 0 saturated carbocycles. The number of anilines is 1. The largest absolute Gasteiger partial charge is 0.332 e. The molecule has 2 aromatic carbocycles. The van der Waals surface area contributed by atoms with Crippen LogP contribution in [0.15, 0.2) is 55.1 Å². The van der Waals surface area contributed by atoms with Gasteiger partial charge >= 0.3 is 0 Å². The number of imidazole rings is 1. The fraction of sp³-hybridized carbons (Fsp3) is 0.105. The van der Waals surface area contributed by atoms with Crippen LogP contribution in [-0.4, -0.2) is 44.8 Å². The smallest absolute Gasteiger partial charge is 0.294 e. The summed E-state index contributed by atoms with van der Waals surface area (Å²) in [5.41, 5.74) is 0.521. The normalized spacial score (nSPS) is 10.5. The number of carbonyl (C=O) groups excluding carboxylic acids is 2. The highest BCUT2D eigenvalue weighted by Gasteiger charge is 2.21. The first-order valence-electron chi connectivity index (χ1n) is 8.53. The Morgan fingerprint density at radius 3 is 2.60 bits per heavy atom. The van der Waals surface area contributed by atoms with Gasteiger partial charge < -0.3 is 14.8 Å². The third-order valence-corrected chi connectivity index (χ3v) is 4.87. The highest BCUT2D eigenvalue weighted by molar-refractivity contribution is 6.42. The zero-order valence-corrected chi connectivity index (χ0v) is 17.1. The molecule has 0 aliphatic rings. The number of aromatic nitrogens is 2. The van der Waals surface area contributed by atoms with Crippen molar-refractivity contribution in [2.45, 2.75) is 0 Å². The maximum atomic E-state index is 12.7. The van der Waals surface area contributed by atoms with Gasteiger partial charge in [0.1, 0.15) is 5.69 Å². The van der Waals surface area contributed by atoms with Crippen LogP contribution in [0.25, 0.3) is 5.69 Å². The zero-order valence-electron chi connectivity index (χ0n) is 15.6. The predicted octanol–water partition coefficient (Wildman–Crippen LogP) is 3.80. The minimum absolute atomic E-state index is 0.0791. The first kappa shape index (κ1) is 21.3. The second kappa shape index (κ2) is 8.93. The van der Waals surface area contributed by atoms with Crippen LogP contribution in [0.5, 0.6) is 0 Å². The molecule has 0 aliphatic heterocycles. The molecule has 1 N–H and O–H groups in total. The molecule has 1 heterocycles. The van der Waals surface area contributed by atoms with E-state index < -0.39 is 16.7 Å². The lowest BCUT2D eigenvalue weighted by atomic mass is 10.1. The summed E-state index contributed by atoms with van der Waals surface area (Å²) >= 11 is 11.8. The fourth-order valence-electron chi connectivity index (χ4n) is 2.70. The lowest BCUT2D eigenvalue weighted by Crippen LogP contribution is -2.35. The maximum absolute atomic E-state index is 12.7. The number of nitro groups is 1. The minimum atomic E-state index is -0.580. The first-order valence-corrected chi connectivity index (χ1v) is 9.29. The molecule has 0 atom stereocenters. The van der Waals surface area contributed by atoms with Crippen molar-refractivity contribution in [1.82, 2.24) is 14.5 Å². The SMILES string of the molecule is CN(CC(=O)Nc1ccc(Cl)c(Cl)c1)C(=O)c1ccc(-n2ccnc2)c([N+](=O)[O-])c1. The van der Waals surface area contributed by atoms with E-state index in [9.17, 15) is 19.7 Å². The van der Waals surface area contributed by atoms with Gasteiger partial charge in [-0.05, 0) is 30.3 Å². The average molecular weight is 448 g/mol. The van der Waals surface area contributed by atoms with Crippen LogP contribution in [0.2, 0.25) is 10.0 Å². The number of nitrogens with zero attached hydrogens (tertiary/aromatic N) is 4. The van der Waals surface area contributed by atoms with Gasteiger partial charge in [0.05, 0.1) is 27.8 Å². The van der Waals surface area contributed by atoms with Gasteiger partial charge in [-0.3, -0.25) is 19.7 Å². The fourth-order valence-corrected chi connectivity index (χ4v) is 3.00. The molecule has 0 unspecified atom stereocenters. The van der Waals surface area contributed by atoms with Gasteiger partial charge in [0.15, 0.2) is 0 Å². The molecule has 30 heavy (non-hydrogen) atoms. The van der Waals surface area contributed by atoms with Gasteiger partial charge in [-0.1, -0.05) is 23.2 Å². The summed E-state index contributed by atoms with van der Waals surface area (Å²) in [7, 11) is 1.42. The standard InChI is InChI=1S/C19H15Cl2N5O4/c1-24(10-18(27)23-13-3-4-14(20)15(21)9-13)19(28)12-2-5-16(17(8-12)26(29)30)25-7-6-22-11-25/h2-9,11H,10H2,1H3,(H,23,27). The number of likely N-dealkylation sites (N-methyl/N-ethyl adjacent to an activating group) is 1. The lowest BCUT2D eigenvalue weighted by Gasteiger charge is -2.17. The molecule has 154 valence electrons. The Balaban J connectivity index is 1.73. The summed E-state index contributed by atoms with van der Waals surface area (Å²) in [4.78, 5) is 40.8. The Kier molecular flexibility index (Phi) is 6.34. The molecule has 0 radical (unpaired) electrons. The second-order valence-corrected chi connectivity index (χ2v) is 7.08. The van der Waals surface area contributed by atoms with Crippen LogP contribution >= 0.6 is 23.2 Å². The summed E-state index contributed by atoms with van der Waals surface area (Å²) in [5.74, 6) is -1.01. The zero-order chi connectivity index (χ0) is 21.8. The molecule has 0 bridgehead atoms. The van der Waals surface area contributed by atoms with E-state index in [0.717, 1.165) is 4.90 Å². The number of rotatable bonds is 6. The molecular formula is C19H15Cl2N5O4. The van der Waals surface area contributed by atoms with Crippen molar-refractivity contribution < 1.29 is 14.5 Å². The number of nitro benzene ring substituents is 1. The summed E-state index contributed by atoms with van der Waals surface area (Å²) in [6.45, 7) is -0.268. The van der Waals surface area contributed by atoms with Crippen molar-refractivity contribution in [3.8, 4) is 5.69 Å². The number of hydrogen-bond donors (Lipinski definition) is 1. The van der Waals surface area contributed by atoms with E-state index in [4.69, 9.17) is 23.2 Å². The second-order valence-electron chi connectivity index (χ2n) is 6.27. The number of nitrogens with one attached hydrogen (secondary N) is 1. The molecule has 3 aromatic rings. The van der Waals surface area contributed by atoms with E-state index in [1.165, 1.54) is 54.5 Å². The molecule has 2 amide bonds. The van der Waals surface area contributed by atoms with Gasteiger partial charge in [0, 0.05) is 36.8 Å². The van der Waals surface area contributed by atoms with E-state index in [2.05, 4.69) is 10.3 Å². The number of benzene rings is 2. The molecule has 1 aromatic heterocycles. The monoisotopic (exact) mass is 447 g/mol. The summed E-state index contributed by atoms with van der Waals surface area (Å²) in [6.07, 6.45) is 4.47. The molecule has 0 saturated heterocycles. The molecular weight excluding hydrogens is 433 g/mol.